The summed E-state index contributed by atoms with van der Waals surface area (Å²) in [5, 5.41) is 3.31. The summed E-state index contributed by atoms with van der Waals surface area (Å²) in [6, 6.07) is 27.9. The lowest BCUT2D eigenvalue weighted by Crippen LogP contribution is -2.46. The summed E-state index contributed by atoms with van der Waals surface area (Å²) >= 11 is 0. The summed E-state index contributed by atoms with van der Waals surface area (Å²) in [5.74, 6) is -1.12. The summed E-state index contributed by atoms with van der Waals surface area (Å²) in [4.78, 5) is 28.5. The van der Waals surface area contributed by atoms with Crippen molar-refractivity contribution >= 4 is 28.9 Å². The third kappa shape index (κ3) is 2.80. The van der Waals surface area contributed by atoms with Gasteiger partial charge in [0.15, 0.2) is 6.29 Å². The Bertz CT molecular complexity index is 856. The maximum absolute atomic E-state index is 12.8. The number of benzene rings is 3. The van der Waals surface area contributed by atoms with Crippen molar-refractivity contribution in [1.29, 1.82) is 0 Å². The van der Waals surface area contributed by atoms with Crippen LogP contribution in [0.1, 0.15) is 0 Å². The van der Waals surface area contributed by atoms with Gasteiger partial charge in [-0.05, 0) is 36.4 Å². The molecule has 0 bridgehead atoms. The van der Waals surface area contributed by atoms with Crippen LogP contribution in [0.5, 0.6) is 0 Å². The Balaban J connectivity index is 1.79. The van der Waals surface area contributed by atoms with E-state index in [-0.39, 0.29) is 0 Å². The van der Waals surface area contributed by atoms with Gasteiger partial charge >= 0.3 is 11.8 Å². The Hall–Kier alpha value is -3.60. The van der Waals surface area contributed by atoms with E-state index >= 15 is 0 Å². The molecule has 4 rings (SSSR count). The minimum atomic E-state index is -0.651. The monoisotopic (exact) mass is 343 g/mol. The number of para-hydroxylation sites is 3. The standard InChI is InChI=1S/C21H17N3O2/c25-19-20(26)24(18-14-8-3-9-15-18)21(22-16-10-4-1-5-11-16)23(19)17-12-6-2-7-13-17/h1-15,21-22H. The number of nitrogens with one attached hydrogen (secondary N) is 1. The zero-order chi connectivity index (χ0) is 17.9. The quantitative estimate of drug-likeness (QED) is 0.738. The Morgan fingerprint density at radius 1 is 0.577 bits per heavy atom. The van der Waals surface area contributed by atoms with Crippen LogP contribution < -0.4 is 15.1 Å². The highest BCUT2D eigenvalue weighted by molar-refractivity contribution is 6.48. The first-order chi connectivity index (χ1) is 12.8. The second-order valence-electron chi connectivity index (χ2n) is 5.91. The third-order valence-electron chi connectivity index (χ3n) is 4.25. The van der Waals surface area contributed by atoms with Crippen LogP contribution in [0.4, 0.5) is 17.1 Å². The Morgan fingerprint density at radius 2 is 0.962 bits per heavy atom. The van der Waals surface area contributed by atoms with E-state index in [9.17, 15) is 9.59 Å². The lowest BCUT2D eigenvalue weighted by molar-refractivity contribution is -0.133. The maximum atomic E-state index is 12.8. The highest BCUT2D eigenvalue weighted by Crippen LogP contribution is 2.30. The molecule has 0 saturated carbocycles. The van der Waals surface area contributed by atoms with Crippen LogP contribution in [0.15, 0.2) is 91.0 Å². The van der Waals surface area contributed by atoms with E-state index in [1.54, 1.807) is 0 Å². The SMILES string of the molecule is O=C1C(=O)N(c2ccccc2)C(Nc2ccccc2)N1c1ccccc1. The van der Waals surface area contributed by atoms with Gasteiger partial charge in [0.05, 0.1) is 0 Å². The highest BCUT2D eigenvalue weighted by atomic mass is 16.2. The normalized spacial score (nSPS) is 14.8. The Kier molecular flexibility index (Phi) is 4.11. The highest BCUT2D eigenvalue weighted by Gasteiger charge is 2.46. The first kappa shape index (κ1) is 15.9. The molecule has 26 heavy (non-hydrogen) atoms. The number of rotatable bonds is 4. The van der Waals surface area contributed by atoms with E-state index in [4.69, 9.17) is 0 Å². The van der Waals surface area contributed by atoms with Gasteiger partial charge in [-0.1, -0.05) is 54.6 Å². The molecule has 0 unspecified atom stereocenters. The molecule has 0 radical (unpaired) electrons. The van der Waals surface area contributed by atoms with Gasteiger partial charge in [-0.3, -0.25) is 19.4 Å². The molecule has 0 atom stereocenters. The van der Waals surface area contributed by atoms with Gasteiger partial charge in [-0.25, -0.2) is 0 Å². The van der Waals surface area contributed by atoms with Crippen LogP contribution in [-0.4, -0.2) is 18.1 Å². The largest absolute Gasteiger partial charge is 0.347 e. The smallest absolute Gasteiger partial charge is 0.320 e. The summed E-state index contributed by atoms with van der Waals surface area (Å²) in [7, 11) is 0. The second-order valence-corrected chi connectivity index (χ2v) is 5.91. The number of carbonyl (C=O) groups is 2. The zero-order valence-electron chi connectivity index (χ0n) is 13.9. The van der Waals surface area contributed by atoms with Crippen molar-refractivity contribution in [3.63, 3.8) is 0 Å². The first-order valence-electron chi connectivity index (χ1n) is 8.34. The van der Waals surface area contributed by atoms with Gasteiger partial charge in [0.1, 0.15) is 0 Å². The van der Waals surface area contributed by atoms with E-state index in [2.05, 4.69) is 5.32 Å². The Labute approximate surface area is 151 Å². The van der Waals surface area contributed by atoms with Crippen molar-refractivity contribution in [3.8, 4) is 0 Å². The predicted molar refractivity (Wildman–Crippen MR) is 102 cm³/mol. The molecule has 0 aliphatic carbocycles. The topological polar surface area (TPSA) is 52.7 Å². The lowest BCUT2D eigenvalue weighted by Gasteiger charge is -2.31. The number of anilines is 3. The van der Waals surface area contributed by atoms with Crippen LogP contribution in [0.25, 0.3) is 0 Å². The molecule has 1 saturated heterocycles. The van der Waals surface area contributed by atoms with E-state index < -0.39 is 18.1 Å². The van der Waals surface area contributed by atoms with Gasteiger partial charge in [-0.15, -0.1) is 0 Å². The fourth-order valence-corrected chi connectivity index (χ4v) is 3.05. The summed E-state index contributed by atoms with van der Waals surface area (Å²) in [5.41, 5.74) is 2.15. The van der Waals surface area contributed by atoms with Crippen LogP contribution in [-0.2, 0) is 9.59 Å². The average molecular weight is 343 g/mol. The molecule has 0 spiro atoms. The van der Waals surface area contributed by atoms with Crippen LogP contribution in [0, 0.1) is 0 Å². The summed E-state index contributed by atoms with van der Waals surface area (Å²) in [6.07, 6.45) is -0.651. The van der Waals surface area contributed by atoms with Gasteiger partial charge in [-0.2, -0.15) is 0 Å². The summed E-state index contributed by atoms with van der Waals surface area (Å²) in [6.45, 7) is 0. The summed E-state index contributed by atoms with van der Waals surface area (Å²) < 4.78 is 0. The minimum Gasteiger partial charge on any atom is -0.347 e. The van der Waals surface area contributed by atoms with Crippen molar-refractivity contribution in [3.05, 3.63) is 91.0 Å². The van der Waals surface area contributed by atoms with Crippen molar-refractivity contribution in [2.45, 2.75) is 6.29 Å². The zero-order valence-corrected chi connectivity index (χ0v) is 13.9. The number of hydrogen-bond donors (Lipinski definition) is 1. The van der Waals surface area contributed by atoms with Crippen LogP contribution in [0.3, 0.4) is 0 Å². The van der Waals surface area contributed by atoms with Gasteiger partial charge < -0.3 is 5.32 Å². The third-order valence-corrected chi connectivity index (χ3v) is 4.25. The van der Waals surface area contributed by atoms with Gasteiger partial charge in [0.25, 0.3) is 0 Å². The molecule has 3 aromatic carbocycles. The molecule has 2 amide bonds. The molecular weight excluding hydrogens is 326 g/mol. The molecule has 0 aromatic heterocycles. The molecule has 3 aromatic rings. The van der Waals surface area contributed by atoms with Crippen LogP contribution >= 0.6 is 0 Å². The molecule has 1 heterocycles. The van der Waals surface area contributed by atoms with Crippen molar-refractivity contribution in [2.75, 3.05) is 15.1 Å². The molecule has 128 valence electrons. The Morgan fingerprint density at radius 3 is 1.38 bits per heavy atom. The fourth-order valence-electron chi connectivity index (χ4n) is 3.05. The van der Waals surface area contributed by atoms with Crippen molar-refractivity contribution in [2.24, 2.45) is 0 Å². The molecule has 5 heteroatoms. The molecular formula is C21H17N3O2. The van der Waals surface area contributed by atoms with Gasteiger partial charge in [0.2, 0.25) is 0 Å². The van der Waals surface area contributed by atoms with Gasteiger partial charge in [0, 0.05) is 17.1 Å². The van der Waals surface area contributed by atoms with E-state index in [1.807, 2.05) is 91.0 Å². The van der Waals surface area contributed by atoms with E-state index in [0.717, 1.165) is 5.69 Å². The van der Waals surface area contributed by atoms with Crippen molar-refractivity contribution < 1.29 is 9.59 Å². The molecule has 1 fully saturated rings. The second kappa shape index (κ2) is 6.72. The number of nitrogens with zero attached hydrogens (tertiary/aromatic N) is 2. The maximum Gasteiger partial charge on any atom is 0.320 e. The number of carbonyl (C=O) groups excluding carboxylic acids is 2. The van der Waals surface area contributed by atoms with E-state index in [1.165, 1.54) is 9.80 Å². The molecule has 5 nitrogen and oxygen atoms in total. The lowest BCUT2D eigenvalue weighted by atomic mass is 10.2. The minimum absolute atomic E-state index is 0.562. The number of hydrogen-bond acceptors (Lipinski definition) is 3. The molecule has 1 aliphatic heterocycles. The molecule has 1 N–H and O–H groups in total. The average Bonchev–Trinajstić information content (AvgIpc) is 2.94. The predicted octanol–water partition coefficient (Wildman–Crippen LogP) is 3.46. The van der Waals surface area contributed by atoms with Crippen LogP contribution in [0.2, 0.25) is 0 Å². The first-order valence-corrected chi connectivity index (χ1v) is 8.34. The van der Waals surface area contributed by atoms with Crippen molar-refractivity contribution in [1.82, 2.24) is 0 Å². The van der Waals surface area contributed by atoms with E-state index in [0.29, 0.717) is 11.4 Å². The molecule has 1 aliphatic rings. The fraction of sp³-hybridized carbons (Fsp3) is 0.0476. The number of amides is 2.